The molecule has 0 aliphatic carbocycles. The molecule has 0 heterocycles. The number of nitrogens with zero attached hydrogens (tertiary/aromatic N) is 1. The van der Waals surface area contributed by atoms with E-state index < -0.39 is 0 Å². The van der Waals surface area contributed by atoms with Crippen molar-refractivity contribution in [3.63, 3.8) is 0 Å². The molecular formula is C30H44N2O4. The zero-order valence-electron chi connectivity index (χ0n) is 23.1. The number of methoxy groups -OCH3 is 4. The molecule has 0 amide bonds. The monoisotopic (exact) mass is 496 g/mol. The highest BCUT2D eigenvalue weighted by Crippen LogP contribution is 2.28. The molecule has 0 saturated carbocycles. The van der Waals surface area contributed by atoms with Crippen LogP contribution in [0, 0.1) is 0 Å². The van der Waals surface area contributed by atoms with Crippen LogP contribution in [-0.2, 0) is 13.1 Å². The summed E-state index contributed by atoms with van der Waals surface area (Å²) in [7, 11) is 6.66. The third-order valence-corrected chi connectivity index (χ3v) is 6.03. The second-order valence-corrected chi connectivity index (χ2v) is 9.16. The first-order chi connectivity index (χ1) is 17.4. The summed E-state index contributed by atoms with van der Waals surface area (Å²) >= 11 is 0. The molecule has 1 N–H and O–H groups in total. The number of ether oxygens (including phenoxy) is 4. The molecule has 0 aliphatic rings. The quantitative estimate of drug-likeness (QED) is 0.227. The van der Waals surface area contributed by atoms with Crippen molar-refractivity contribution in [2.24, 2.45) is 0 Å². The van der Waals surface area contributed by atoms with Gasteiger partial charge < -0.3 is 24.3 Å². The van der Waals surface area contributed by atoms with Crippen LogP contribution in [0.4, 0.5) is 0 Å². The molecule has 0 spiro atoms. The van der Waals surface area contributed by atoms with Crippen LogP contribution < -0.4 is 24.3 Å². The van der Waals surface area contributed by atoms with Gasteiger partial charge in [-0.2, -0.15) is 0 Å². The first-order valence-electron chi connectivity index (χ1n) is 12.5. The Morgan fingerprint density at radius 3 is 1.94 bits per heavy atom. The van der Waals surface area contributed by atoms with Gasteiger partial charge >= 0.3 is 0 Å². The second kappa shape index (κ2) is 15.9. The van der Waals surface area contributed by atoms with E-state index in [9.17, 15) is 0 Å². The van der Waals surface area contributed by atoms with Crippen molar-refractivity contribution >= 4 is 0 Å². The Hall–Kier alpha value is -2.96. The number of benzene rings is 2. The van der Waals surface area contributed by atoms with E-state index in [1.165, 1.54) is 16.7 Å². The highest BCUT2D eigenvalue weighted by Gasteiger charge is 2.10. The van der Waals surface area contributed by atoms with Crippen molar-refractivity contribution in [1.82, 2.24) is 10.2 Å². The van der Waals surface area contributed by atoms with Crippen molar-refractivity contribution in [3.8, 4) is 23.0 Å². The maximum atomic E-state index is 5.51. The van der Waals surface area contributed by atoms with Crippen molar-refractivity contribution in [2.45, 2.75) is 46.7 Å². The second-order valence-electron chi connectivity index (χ2n) is 9.16. The van der Waals surface area contributed by atoms with Crippen LogP contribution in [0.25, 0.3) is 0 Å². The average Bonchev–Trinajstić information content (AvgIpc) is 2.88. The number of nitrogens with one attached hydrogen (secondary N) is 1. The SMILES string of the molecule is COc1ccc(CNCCN(C/C=C(\C)CCC=C(C)C)Cc2ccc(OC)c(OC)c2)cc1OC. The van der Waals surface area contributed by atoms with Crippen LogP contribution in [0.2, 0.25) is 0 Å². The highest BCUT2D eigenvalue weighted by atomic mass is 16.5. The van der Waals surface area contributed by atoms with Crippen LogP contribution in [0.5, 0.6) is 23.0 Å². The zero-order chi connectivity index (χ0) is 26.3. The van der Waals surface area contributed by atoms with Gasteiger partial charge in [0.25, 0.3) is 0 Å². The molecule has 2 aromatic rings. The summed E-state index contributed by atoms with van der Waals surface area (Å²) < 4.78 is 21.7. The lowest BCUT2D eigenvalue weighted by atomic mass is 10.1. The predicted octanol–water partition coefficient (Wildman–Crippen LogP) is 6.01. The Morgan fingerprint density at radius 1 is 0.778 bits per heavy atom. The van der Waals surface area contributed by atoms with Crippen molar-refractivity contribution in [2.75, 3.05) is 48.1 Å². The Labute approximate surface area is 217 Å². The minimum Gasteiger partial charge on any atom is -0.493 e. The minimum atomic E-state index is 0.745. The molecule has 0 saturated heterocycles. The fraction of sp³-hybridized carbons (Fsp3) is 0.467. The molecule has 0 unspecified atom stereocenters. The number of hydrogen-bond donors (Lipinski definition) is 1. The molecule has 2 aromatic carbocycles. The van der Waals surface area contributed by atoms with Gasteiger partial charge in [0.1, 0.15) is 0 Å². The van der Waals surface area contributed by atoms with Crippen LogP contribution in [0.3, 0.4) is 0 Å². The van der Waals surface area contributed by atoms with Gasteiger partial charge in [-0.15, -0.1) is 0 Å². The Kier molecular flexibility index (Phi) is 12.9. The third-order valence-electron chi connectivity index (χ3n) is 6.03. The van der Waals surface area contributed by atoms with Gasteiger partial charge in [-0.1, -0.05) is 35.4 Å². The van der Waals surface area contributed by atoms with E-state index in [4.69, 9.17) is 18.9 Å². The number of hydrogen-bond acceptors (Lipinski definition) is 6. The molecule has 36 heavy (non-hydrogen) atoms. The van der Waals surface area contributed by atoms with Gasteiger partial charge in [-0.3, -0.25) is 4.90 Å². The minimum absolute atomic E-state index is 0.745. The molecule has 0 bridgehead atoms. The summed E-state index contributed by atoms with van der Waals surface area (Å²) in [5.74, 6) is 3.00. The molecule has 0 aliphatic heterocycles. The van der Waals surface area contributed by atoms with E-state index in [1.807, 2.05) is 18.2 Å². The van der Waals surface area contributed by atoms with Crippen molar-refractivity contribution < 1.29 is 18.9 Å². The summed E-state index contributed by atoms with van der Waals surface area (Å²) in [6.45, 7) is 10.8. The van der Waals surface area contributed by atoms with E-state index >= 15 is 0 Å². The largest absolute Gasteiger partial charge is 0.493 e. The lowest BCUT2D eigenvalue weighted by Crippen LogP contribution is -2.32. The summed E-state index contributed by atoms with van der Waals surface area (Å²) in [4.78, 5) is 2.45. The van der Waals surface area contributed by atoms with Gasteiger partial charge in [0.05, 0.1) is 28.4 Å². The Balaban J connectivity index is 2.02. The molecule has 6 nitrogen and oxygen atoms in total. The van der Waals surface area contributed by atoms with Crippen LogP contribution in [0.15, 0.2) is 59.7 Å². The maximum absolute atomic E-state index is 5.51. The van der Waals surface area contributed by atoms with E-state index in [0.717, 1.165) is 74.1 Å². The van der Waals surface area contributed by atoms with Crippen molar-refractivity contribution in [3.05, 3.63) is 70.8 Å². The van der Waals surface area contributed by atoms with Crippen LogP contribution >= 0.6 is 0 Å². The van der Waals surface area contributed by atoms with Gasteiger partial charge in [0.2, 0.25) is 0 Å². The van der Waals surface area contributed by atoms with Gasteiger partial charge in [-0.25, -0.2) is 0 Å². The molecular weight excluding hydrogens is 452 g/mol. The predicted molar refractivity (Wildman–Crippen MR) is 148 cm³/mol. The van der Waals surface area contributed by atoms with E-state index in [1.54, 1.807) is 28.4 Å². The van der Waals surface area contributed by atoms with Gasteiger partial charge in [-0.05, 0) is 69.0 Å². The van der Waals surface area contributed by atoms with Gasteiger partial charge in [0.15, 0.2) is 23.0 Å². The topological polar surface area (TPSA) is 52.2 Å². The molecule has 0 radical (unpaired) electrons. The van der Waals surface area contributed by atoms with E-state index in [-0.39, 0.29) is 0 Å². The fourth-order valence-corrected chi connectivity index (χ4v) is 3.91. The molecule has 0 atom stereocenters. The van der Waals surface area contributed by atoms with E-state index in [0.29, 0.717) is 0 Å². The average molecular weight is 497 g/mol. The summed E-state index contributed by atoms with van der Waals surface area (Å²) in [6, 6.07) is 12.2. The highest BCUT2D eigenvalue weighted by molar-refractivity contribution is 5.43. The van der Waals surface area contributed by atoms with Crippen LogP contribution in [-0.4, -0.2) is 53.0 Å². The first-order valence-corrected chi connectivity index (χ1v) is 12.5. The number of rotatable bonds is 16. The molecule has 2 rings (SSSR count). The third kappa shape index (κ3) is 9.96. The molecule has 0 aromatic heterocycles. The van der Waals surface area contributed by atoms with Crippen LogP contribution in [0.1, 0.15) is 44.7 Å². The Bertz CT molecular complexity index is 996. The zero-order valence-corrected chi connectivity index (χ0v) is 23.1. The molecule has 0 fully saturated rings. The molecule has 198 valence electrons. The summed E-state index contributed by atoms with van der Waals surface area (Å²) in [5.41, 5.74) is 5.15. The van der Waals surface area contributed by atoms with Gasteiger partial charge in [0, 0.05) is 32.7 Å². The lowest BCUT2D eigenvalue weighted by Gasteiger charge is -2.22. The standard InChI is InChI=1S/C30H44N2O4/c1-23(2)9-8-10-24(3)15-17-32(22-26-12-14-28(34-5)30(20-26)36-7)18-16-31-21-25-11-13-27(33-4)29(19-25)35-6/h9,11-15,19-20,31H,8,10,16-18,21-22H2,1-7H3/b24-15+. The van der Waals surface area contributed by atoms with Crippen molar-refractivity contribution in [1.29, 1.82) is 0 Å². The summed E-state index contributed by atoms with van der Waals surface area (Å²) in [5, 5.41) is 3.57. The first kappa shape index (κ1) is 29.3. The fourth-order valence-electron chi connectivity index (χ4n) is 3.91. The lowest BCUT2D eigenvalue weighted by molar-refractivity contribution is 0.291. The van der Waals surface area contributed by atoms with E-state index in [2.05, 4.69) is 61.3 Å². The Morgan fingerprint density at radius 2 is 1.36 bits per heavy atom. The smallest absolute Gasteiger partial charge is 0.161 e. The summed E-state index contributed by atoms with van der Waals surface area (Å²) in [6.07, 6.45) is 6.84. The molecule has 6 heteroatoms. The number of allylic oxidation sites excluding steroid dienone is 3. The maximum Gasteiger partial charge on any atom is 0.161 e. The normalized spacial score (nSPS) is 11.4.